The maximum absolute atomic E-state index is 5.98. The molecule has 0 fully saturated rings. The van der Waals surface area contributed by atoms with Gasteiger partial charge in [-0.3, -0.25) is 0 Å². The second-order valence-corrected chi connectivity index (χ2v) is 4.02. The smallest absolute Gasteiger partial charge is 0.0409 e. The van der Waals surface area contributed by atoms with Gasteiger partial charge < -0.3 is 5.32 Å². The van der Waals surface area contributed by atoms with E-state index in [0.717, 1.165) is 18.1 Å². The normalized spacial score (nSPS) is 21.2. The minimum Gasteiger partial charge on any atom is -0.312 e. The van der Waals surface area contributed by atoms with Gasteiger partial charge in [0.05, 0.1) is 0 Å². The molecule has 13 heavy (non-hydrogen) atoms. The lowest BCUT2D eigenvalue weighted by atomic mass is 9.89. The molecule has 0 amide bonds. The second kappa shape index (κ2) is 3.69. The zero-order valence-corrected chi connectivity index (χ0v) is 8.56. The zero-order valence-electron chi connectivity index (χ0n) is 7.81. The van der Waals surface area contributed by atoms with Gasteiger partial charge in [-0.1, -0.05) is 24.6 Å². The van der Waals surface area contributed by atoms with E-state index in [1.165, 1.54) is 17.5 Å². The molecule has 0 aromatic heterocycles. The Morgan fingerprint density at radius 3 is 3.15 bits per heavy atom. The summed E-state index contributed by atoms with van der Waals surface area (Å²) in [6.07, 6.45) is 1.18. The first kappa shape index (κ1) is 9.04. The number of hydrogen-bond acceptors (Lipinski definition) is 1. The Morgan fingerprint density at radius 2 is 2.38 bits per heavy atom. The van der Waals surface area contributed by atoms with Crippen LogP contribution in [-0.4, -0.2) is 6.54 Å². The van der Waals surface area contributed by atoms with Gasteiger partial charge >= 0.3 is 0 Å². The number of rotatable bonds is 1. The van der Waals surface area contributed by atoms with Crippen molar-refractivity contribution in [2.75, 3.05) is 6.54 Å². The Morgan fingerprint density at radius 1 is 1.54 bits per heavy atom. The van der Waals surface area contributed by atoms with Crippen molar-refractivity contribution in [3.63, 3.8) is 0 Å². The molecule has 1 aliphatic rings. The van der Waals surface area contributed by atoms with Gasteiger partial charge in [0.2, 0.25) is 0 Å². The highest BCUT2D eigenvalue weighted by Gasteiger charge is 2.17. The van der Waals surface area contributed by atoms with Crippen LogP contribution in [0.2, 0.25) is 5.02 Å². The first-order valence-corrected chi connectivity index (χ1v) is 5.18. The molecule has 0 saturated heterocycles. The molecule has 2 rings (SSSR count). The van der Waals surface area contributed by atoms with Crippen LogP contribution in [0.25, 0.3) is 0 Å². The van der Waals surface area contributed by atoms with Gasteiger partial charge in [-0.15, -0.1) is 0 Å². The van der Waals surface area contributed by atoms with Crippen LogP contribution in [0, 0.1) is 0 Å². The molecule has 0 bridgehead atoms. The molecule has 0 saturated carbocycles. The lowest BCUT2D eigenvalue weighted by molar-refractivity contribution is 0.530. The average Bonchev–Trinajstić information content (AvgIpc) is 2.17. The molecule has 0 radical (unpaired) electrons. The number of nitrogens with one attached hydrogen (secondary N) is 1. The Bertz CT molecular complexity index is 309. The number of benzene rings is 1. The summed E-state index contributed by atoms with van der Waals surface area (Å²) in [5.74, 6) is 0.641. The van der Waals surface area contributed by atoms with Gasteiger partial charge in [-0.25, -0.2) is 0 Å². The molecule has 70 valence electrons. The molecule has 1 N–H and O–H groups in total. The van der Waals surface area contributed by atoms with E-state index in [4.69, 9.17) is 11.6 Å². The molecular weight excluding hydrogens is 182 g/mol. The number of fused-ring (bicyclic) bond motifs is 1. The zero-order chi connectivity index (χ0) is 9.26. The van der Waals surface area contributed by atoms with Gasteiger partial charge in [0, 0.05) is 18.1 Å². The summed E-state index contributed by atoms with van der Waals surface area (Å²) in [5.41, 5.74) is 2.84. The van der Waals surface area contributed by atoms with Crippen molar-refractivity contribution in [3.05, 3.63) is 34.3 Å². The first-order valence-electron chi connectivity index (χ1n) is 4.80. The maximum atomic E-state index is 5.98. The third-order valence-corrected chi connectivity index (χ3v) is 2.98. The summed E-state index contributed by atoms with van der Waals surface area (Å²) in [5, 5.41) is 4.28. The highest BCUT2D eigenvalue weighted by Crippen LogP contribution is 2.28. The SMILES string of the molecule is CCC1CNCc2ccc(Cl)cc21. The summed E-state index contributed by atoms with van der Waals surface area (Å²) in [4.78, 5) is 0. The lowest BCUT2D eigenvalue weighted by Gasteiger charge is -2.25. The van der Waals surface area contributed by atoms with Gasteiger partial charge in [0.1, 0.15) is 0 Å². The van der Waals surface area contributed by atoms with Crippen LogP contribution in [-0.2, 0) is 6.54 Å². The molecule has 2 heteroatoms. The van der Waals surface area contributed by atoms with Crippen molar-refractivity contribution in [2.45, 2.75) is 25.8 Å². The van der Waals surface area contributed by atoms with E-state index >= 15 is 0 Å². The van der Waals surface area contributed by atoms with Crippen LogP contribution in [0.1, 0.15) is 30.4 Å². The topological polar surface area (TPSA) is 12.0 Å². The van der Waals surface area contributed by atoms with E-state index in [2.05, 4.69) is 24.4 Å². The molecule has 1 aromatic rings. The van der Waals surface area contributed by atoms with Crippen LogP contribution >= 0.6 is 11.6 Å². The summed E-state index contributed by atoms with van der Waals surface area (Å²) >= 11 is 5.98. The minimum absolute atomic E-state index is 0.641. The summed E-state index contributed by atoms with van der Waals surface area (Å²) in [7, 11) is 0. The molecule has 0 spiro atoms. The predicted molar refractivity (Wildman–Crippen MR) is 56.2 cm³/mol. The predicted octanol–water partition coefficient (Wildman–Crippen LogP) is 2.94. The van der Waals surface area contributed by atoms with Crippen molar-refractivity contribution < 1.29 is 0 Å². The Hall–Kier alpha value is -0.530. The molecule has 1 atom stereocenters. The first-order chi connectivity index (χ1) is 6.31. The lowest BCUT2D eigenvalue weighted by Crippen LogP contribution is -2.27. The second-order valence-electron chi connectivity index (χ2n) is 3.58. The van der Waals surface area contributed by atoms with E-state index < -0.39 is 0 Å². The van der Waals surface area contributed by atoms with Crippen molar-refractivity contribution in [1.82, 2.24) is 5.32 Å². The Balaban J connectivity index is 2.41. The Labute approximate surface area is 84.1 Å². The standard InChI is InChI=1S/C11H14ClN/c1-2-8-6-13-7-9-3-4-10(12)5-11(8)9/h3-5,8,13H,2,6-7H2,1H3. The fourth-order valence-corrected chi connectivity index (χ4v) is 2.14. The molecule has 0 aliphatic carbocycles. The van der Waals surface area contributed by atoms with Crippen molar-refractivity contribution >= 4 is 11.6 Å². The van der Waals surface area contributed by atoms with E-state index in [0.29, 0.717) is 5.92 Å². The highest BCUT2D eigenvalue weighted by atomic mass is 35.5. The molecule has 1 aliphatic heterocycles. The monoisotopic (exact) mass is 195 g/mol. The quantitative estimate of drug-likeness (QED) is 0.727. The third kappa shape index (κ3) is 1.72. The van der Waals surface area contributed by atoms with Crippen molar-refractivity contribution in [2.24, 2.45) is 0 Å². The van der Waals surface area contributed by atoms with E-state index in [1.807, 2.05) is 6.07 Å². The number of halogens is 1. The maximum Gasteiger partial charge on any atom is 0.0409 e. The molecular formula is C11H14ClN. The van der Waals surface area contributed by atoms with Gasteiger partial charge in [0.25, 0.3) is 0 Å². The van der Waals surface area contributed by atoms with Gasteiger partial charge in [-0.05, 0) is 35.6 Å². The van der Waals surface area contributed by atoms with E-state index in [1.54, 1.807) is 0 Å². The minimum atomic E-state index is 0.641. The van der Waals surface area contributed by atoms with Crippen LogP contribution in [0.5, 0.6) is 0 Å². The number of hydrogen-bond donors (Lipinski definition) is 1. The average molecular weight is 196 g/mol. The highest BCUT2D eigenvalue weighted by molar-refractivity contribution is 6.30. The molecule has 1 unspecified atom stereocenters. The summed E-state index contributed by atoms with van der Waals surface area (Å²) in [6, 6.07) is 6.22. The third-order valence-electron chi connectivity index (χ3n) is 2.75. The van der Waals surface area contributed by atoms with Crippen LogP contribution in [0.3, 0.4) is 0 Å². The van der Waals surface area contributed by atoms with Crippen LogP contribution in [0.15, 0.2) is 18.2 Å². The largest absolute Gasteiger partial charge is 0.312 e. The molecule has 1 aromatic carbocycles. The van der Waals surface area contributed by atoms with Crippen LogP contribution < -0.4 is 5.32 Å². The van der Waals surface area contributed by atoms with Gasteiger partial charge in [0.15, 0.2) is 0 Å². The van der Waals surface area contributed by atoms with E-state index in [9.17, 15) is 0 Å². The fraction of sp³-hybridized carbons (Fsp3) is 0.455. The van der Waals surface area contributed by atoms with Crippen LogP contribution in [0.4, 0.5) is 0 Å². The summed E-state index contributed by atoms with van der Waals surface area (Å²) < 4.78 is 0. The van der Waals surface area contributed by atoms with Gasteiger partial charge in [-0.2, -0.15) is 0 Å². The van der Waals surface area contributed by atoms with E-state index in [-0.39, 0.29) is 0 Å². The van der Waals surface area contributed by atoms with Crippen molar-refractivity contribution in [1.29, 1.82) is 0 Å². The Kier molecular flexibility index (Phi) is 2.56. The fourth-order valence-electron chi connectivity index (χ4n) is 1.96. The summed E-state index contributed by atoms with van der Waals surface area (Å²) in [6.45, 7) is 4.30. The molecule has 1 heterocycles. The van der Waals surface area contributed by atoms with Crippen molar-refractivity contribution in [3.8, 4) is 0 Å². The molecule has 1 nitrogen and oxygen atoms in total.